The molecule has 1 aromatic heterocycles. The molecule has 3 nitrogen and oxygen atoms in total. The Morgan fingerprint density at radius 2 is 2.54 bits per heavy atom. The van der Waals surface area contributed by atoms with Crippen LogP contribution in [0, 0.1) is 0 Å². The van der Waals surface area contributed by atoms with Crippen LogP contribution in [0.4, 0.5) is 0 Å². The molecule has 0 spiro atoms. The summed E-state index contributed by atoms with van der Waals surface area (Å²) in [6.45, 7) is 0. The molecule has 0 radical (unpaired) electrons. The largest absolute Gasteiger partial charge is 0.373 e. The SMILES string of the molecule is CNC1=CCC(c2cscn2)C=N1. The molecule has 1 unspecified atom stereocenters. The molecule has 1 aliphatic rings. The molecule has 1 N–H and O–H groups in total. The average molecular weight is 193 g/mol. The monoisotopic (exact) mass is 193 g/mol. The molecular formula is C9H11N3S. The van der Waals surface area contributed by atoms with Crippen LogP contribution in [0.5, 0.6) is 0 Å². The lowest BCUT2D eigenvalue weighted by atomic mass is 10.0. The van der Waals surface area contributed by atoms with Gasteiger partial charge < -0.3 is 5.32 Å². The fraction of sp³-hybridized carbons (Fsp3) is 0.333. The molecule has 1 aromatic rings. The van der Waals surface area contributed by atoms with E-state index in [0.717, 1.165) is 17.9 Å². The molecule has 0 saturated heterocycles. The number of rotatable bonds is 2. The van der Waals surface area contributed by atoms with Gasteiger partial charge in [0.2, 0.25) is 0 Å². The van der Waals surface area contributed by atoms with E-state index in [0.29, 0.717) is 5.92 Å². The number of allylic oxidation sites excluding steroid dienone is 1. The van der Waals surface area contributed by atoms with Crippen molar-refractivity contribution in [2.24, 2.45) is 4.99 Å². The number of thiazole rings is 1. The predicted molar refractivity (Wildman–Crippen MR) is 55.1 cm³/mol. The van der Waals surface area contributed by atoms with Gasteiger partial charge in [-0.15, -0.1) is 11.3 Å². The molecular weight excluding hydrogens is 182 g/mol. The number of nitrogens with zero attached hydrogens (tertiary/aromatic N) is 2. The Morgan fingerprint density at radius 1 is 1.62 bits per heavy atom. The van der Waals surface area contributed by atoms with Crippen LogP contribution < -0.4 is 5.32 Å². The van der Waals surface area contributed by atoms with E-state index in [1.165, 1.54) is 0 Å². The lowest BCUT2D eigenvalue weighted by Gasteiger charge is -2.12. The van der Waals surface area contributed by atoms with Crippen LogP contribution in [-0.2, 0) is 0 Å². The van der Waals surface area contributed by atoms with Crippen molar-refractivity contribution in [1.82, 2.24) is 10.3 Å². The van der Waals surface area contributed by atoms with E-state index in [-0.39, 0.29) is 0 Å². The third-order valence-electron chi connectivity index (χ3n) is 2.05. The maximum atomic E-state index is 4.27. The van der Waals surface area contributed by atoms with E-state index in [1.54, 1.807) is 11.3 Å². The molecule has 0 amide bonds. The average Bonchev–Trinajstić information content (AvgIpc) is 2.71. The van der Waals surface area contributed by atoms with Crippen LogP contribution in [0.3, 0.4) is 0 Å². The van der Waals surface area contributed by atoms with Gasteiger partial charge in [-0.2, -0.15) is 0 Å². The Morgan fingerprint density at radius 3 is 3.08 bits per heavy atom. The van der Waals surface area contributed by atoms with Crippen molar-refractivity contribution in [1.29, 1.82) is 0 Å². The van der Waals surface area contributed by atoms with Crippen LogP contribution in [-0.4, -0.2) is 18.2 Å². The van der Waals surface area contributed by atoms with Gasteiger partial charge >= 0.3 is 0 Å². The summed E-state index contributed by atoms with van der Waals surface area (Å²) in [7, 11) is 1.88. The molecule has 0 aliphatic carbocycles. The first-order valence-corrected chi connectivity index (χ1v) is 5.14. The van der Waals surface area contributed by atoms with Crippen LogP contribution in [0.15, 0.2) is 27.8 Å². The zero-order chi connectivity index (χ0) is 9.10. The summed E-state index contributed by atoms with van der Waals surface area (Å²) in [4.78, 5) is 8.54. The Hall–Kier alpha value is -1.16. The minimum absolute atomic E-state index is 0.364. The molecule has 2 heterocycles. The van der Waals surface area contributed by atoms with Crippen molar-refractivity contribution in [2.45, 2.75) is 12.3 Å². The van der Waals surface area contributed by atoms with Gasteiger partial charge in [0.05, 0.1) is 11.2 Å². The summed E-state index contributed by atoms with van der Waals surface area (Å²) in [6.07, 6.45) is 5.05. The first kappa shape index (κ1) is 8.44. The van der Waals surface area contributed by atoms with Gasteiger partial charge in [-0.3, -0.25) is 0 Å². The highest BCUT2D eigenvalue weighted by Crippen LogP contribution is 2.21. The van der Waals surface area contributed by atoms with Crippen molar-refractivity contribution in [3.05, 3.63) is 28.5 Å². The highest BCUT2D eigenvalue weighted by molar-refractivity contribution is 7.07. The van der Waals surface area contributed by atoms with E-state index < -0.39 is 0 Å². The summed E-state index contributed by atoms with van der Waals surface area (Å²) in [5, 5.41) is 5.09. The normalized spacial score (nSPS) is 21.3. The third-order valence-corrected chi connectivity index (χ3v) is 2.65. The Balaban J connectivity index is 2.09. The standard InChI is InChI=1S/C9H11N3S/c1-10-9-3-2-7(4-11-9)8-5-13-6-12-8/h3-7,10H,2H2,1H3. The van der Waals surface area contributed by atoms with Crippen molar-refractivity contribution in [2.75, 3.05) is 7.05 Å². The summed E-state index contributed by atoms with van der Waals surface area (Å²) in [5.41, 5.74) is 2.99. The minimum atomic E-state index is 0.364. The fourth-order valence-corrected chi connectivity index (χ4v) is 1.91. The molecule has 2 rings (SSSR count). The fourth-order valence-electron chi connectivity index (χ4n) is 1.29. The van der Waals surface area contributed by atoms with Gasteiger partial charge in [0.15, 0.2) is 0 Å². The Kier molecular flexibility index (Phi) is 2.40. The quantitative estimate of drug-likeness (QED) is 0.777. The lowest BCUT2D eigenvalue weighted by Crippen LogP contribution is -2.11. The van der Waals surface area contributed by atoms with Gasteiger partial charge in [0, 0.05) is 24.6 Å². The molecule has 0 saturated carbocycles. The zero-order valence-electron chi connectivity index (χ0n) is 7.40. The Labute approximate surface area is 81.2 Å². The van der Waals surface area contributed by atoms with E-state index in [1.807, 2.05) is 18.8 Å². The molecule has 0 aromatic carbocycles. The lowest BCUT2D eigenvalue weighted by molar-refractivity contribution is 0.828. The van der Waals surface area contributed by atoms with Crippen LogP contribution in [0.1, 0.15) is 18.0 Å². The predicted octanol–water partition coefficient (Wildman–Crippen LogP) is 1.76. The first-order valence-electron chi connectivity index (χ1n) is 4.20. The van der Waals surface area contributed by atoms with Crippen molar-refractivity contribution in [3.63, 3.8) is 0 Å². The molecule has 1 atom stereocenters. The van der Waals surface area contributed by atoms with Crippen molar-refractivity contribution < 1.29 is 0 Å². The van der Waals surface area contributed by atoms with Gasteiger partial charge in [-0.05, 0) is 12.5 Å². The molecule has 68 valence electrons. The number of aliphatic imine (C=N–C) groups is 1. The van der Waals surface area contributed by atoms with E-state index in [9.17, 15) is 0 Å². The van der Waals surface area contributed by atoms with E-state index in [2.05, 4.69) is 26.7 Å². The van der Waals surface area contributed by atoms with Crippen LogP contribution >= 0.6 is 11.3 Å². The van der Waals surface area contributed by atoms with Gasteiger partial charge in [-0.1, -0.05) is 0 Å². The topological polar surface area (TPSA) is 37.3 Å². The smallest absolute Gasteiger partial charge is 0.121 e. The van der Waals surface area contributed by atoms with Gasteiger partial charge in [0.1, 0.15) is 5.82 Å². The number of aromatic nitrogens is 1. The second kappa shape index (κ2) is 3.70. The molecule has 0 fully saturated rings. The maximum absolute atomic E-state index is 4.27. The number of hydrogen-bond donors (Lipinski definition) is 1. The summed E-state index contributed by atoms with van der Waals surface area (Å²) in [6, 6.07) is 0. The Bertz CT molecular complexity index is 327. The molecule has 13 heavy (non-hydrogen) atoms. The molecule has 4 heteroatoms. The van der Waals surface area contributed by atoms with Gasteiger partial charge in [-0.25, -0.2) is 9.98 Å². The van der Waals surface area contributed by atoms with Crippen molar-refractivity contribution >= 4 is 17.6 Å². The maximum Gasteiger partial charge on any atom is 0.121 e. The summed E-state index contributed by atoms with van der Waals surface area (Å²) < 4.78 is 0. The van der Waals surface area contributed by atoms with Gasteiger partial charge in [0.25, 0.3) is 0 Å². The molecule has 1 aliphatic heterocycles. The van der Waals surface area contributed by atoms with E-state index in [4.69, 9.17) is 0 Å². The van der Waals surface area contributed by atoms with Crippen LogP contribution in [0.2, 0.25) is 0 Å². The molecule has 0 bridgehead atoms. The highest BCUT2D eigenvalue weighted by atomic mass is 32.1. The number of nitrogens with one attached hydrogen (secondary N) is 1. The third kappa shape index (κ3) is 1.78. The second-order valence-corrected chi connectivity index (χ2v) is 3.59. The first-order chi connectivity index (χ1) is 6.40. The van der Waals surface area contributed by atoms with E-state index >= 15 is 0 Å². The summed E-state index contributed by atoms with van der Waals surface area (Å²) in [5.74, 6) is 1.31. The minimum Gasteiger partial charge on any atom is -0.373 e. The number of hydrogen-bond acceptors (Lipinski definition) is 4. The highest BCUT2D eigenvalue weighted by Gasteiger charge is 2.12. The summed E-state index contributed by atoms with van der Waals surface area (Å²) >= 11 is 1.63. The second-order valence-electron chi connectivity index (χ2n) is 2.87. The van der Waals surface area contributed by atoms with Crippen LogP contribution in [0.25, 0.3) is 0 Å². The van der Waals surface area contributed by atoms with Crippen molar-refractivity contribution in [3.8, 4) is 0 Å². The zero-order valence-corrected chi connectivity index (χ0v) is 8.21.